The summed E-state index contributed by atoms with van der Waals surface area (Å²) >= 11 is 0. The number of hydrogen-bond acceptors (Lipinski definition) is 3. The van der Waals surface area contributed by atoms with Crippen LogP contribution < -0.4 is 5.32 Å². The van der Waals surface area contributed by atoms with Crippen molar-refractivity contribution in [3.8, 4) is 0 Å². The monoisotopic (exact) mass is 225 g/mol. The third-order valence-corrected chi connectivity index (χ3v) is 3.75. The van der Waals surface area contributed by atoms with Gasteiger partial charge in [0.15, 0.2) is 0 Å². The Labute approximate surface area is 98.2 Å². The first-order valence-corrected chi connectivity index (χ1v) is 6.34. The molecule has 0 amide bonds. The maximum atomic E-state index is 6.01. The van der Waals surface area contributed by atoms with Gasteiger partial charge in [-0.25, -0.2) is 0 Å². The van der Waals surface area contributed by atoms with Crippen LogP contribution in [0.15, 0.2) is 12.7 Å². The van der Waals surface area contributed by atoms with Gasteiger partial charge in [-0.1, -0.05) is 6.08 Å². The first kappa shape index (κ1) is 12.1. The molecule has 3 heteroatoms. The van der Waals surface area contributed by atoms with Crippen molar-refractivity contribution < 1.29 is 9.47 Å². The molecule has 2 aliphatic heterocycles. The third-order valence-electron chi connectivity index (χ3n) is 3.75. The summed E-state index contributed by atoms with van der Waals surface area (Å²) in [5, 5.41) is 3.60. The van der Waals surface area contributed by atoms with E-state index in [1.165, 1.54) is 0 Å². The Balaban J connectivity index is 1.90. The van der Waals surface area contributed by atoms with Gasteiger partial charge in [0.1, 0.15) is 0 Å². The van der Waals surface area contributed by atoms with Gasteiger partial charge >= 0.3 is 0 Å². The summed E-state index contributed by atoms with van der Waals surface area (Å²) < 4.78 is 11.4. The van der Waals surface area contributed by atoms with Crippen LogP contribution >= 0.6 is 0 Å². The standard InChI is InChI=1S/C13H23NO2/c1-3-11(2)14-12-4-7-16-13(10-12)5-8-15-9-6-13/h3,11-12,14H,1,4-10H2,2H3. The second kappa shape index (κ2) is 5.30. The van der Waals surface area contributed by atoms with Crippen molar-refractivity contribution in [1.82, 2.24) is 5.32 Å². The lowest BCUT2D eigenvalue weighted by Gasteiger charge is -2.44. The van der Waals surface area contributed by atoms with Crippen molar-refractivity contribution in [1.29, 1.82) is 0 Å². The van der Waals surface area contributed by atoms with Crippen molar-refractivity contribution in [2.24, 2.45) is 0 Å². The van der Waals surface area contributed by atoms with Gasteiger partial charge in [0.2, 0.25) is 0 Å². The summed E-state index contributed by atoms with van der Waals surface area (Å²) in [4.78, 5) is 0. The number of hydrogen-bond donors (Lipinski definition) is 1. The Morgan fingerprint density at radius 2 is 2.12 bits per heavy atom. The number of ether oxygens (including phenoxy) is 2. The molecule has 0 aromatic rings. The van der Waals surface area contributed by atoms with E-state index in [0.29, 0.717) is 12.1 Å². The highest BCUT2D eigenvalue weighted by Gasteiger charge is 2.38. The fraction of sp³-hybridized carbons (Fsp3) is 0.846. The number of nitrogens with one attached hydrogen (secondary N) is 1. The minimum atomic E-state index is 0.0923. The molecule has 0 saturated carbocycles. The van der Waals surface area contributed by atoms with Crippen LogP contribution in [0.25, 0.3) is 0 Å². The Morgan fingerprint density at radius 1 is 1.38 bits per heavy atom. The van der Waals surface area contributed by atoms with Crippen molar-refractivity contribution >= 4 is 0 Å². The predicted octanol–water partition coefficient (Wildman–Crippen LogP) is 1.88. The van der Waals surface area contributed by atoms with E-state index in [2.05, 4.69) is 18.8 Å². The summed E-state index contributed by atoms with van der Waals surface area (Å²) in [7, 11) is 0. The Kier molecular flexibility index (Phi) is 4.00. The molecule has 0 bridgehead atoms. The molecule has 0 aromatic carbocycles. The van der Waals surface area contributed by atoms with Crippen LogP contribution in [0.2, 0.25) is 0 Å². The van der Waals surface area contributed by atoms with Gasteiger partial charge < -0.3 is 14.8 Å². The van der Waals surface area contributed by atoms with Crippen LogP contribution in [0.1, 0.15) is 32.6 Å². The topological polar surface area (TPSA) is 30.5 Å². The fourth-order valence-electron chi connectivity index (χ4n) is 2.70. The van der Waals surface area contributed by atoms with Crippen LogP contribution in [0.3, 0.4) is 0 Å². The molecule has 2 heterocycles. The first-order valence-electron chi connectivity index (χ1n) is 6.34. The van der Waals surface area contributed by atoms with E-state index < -0.39 is 0 Å². The molecule has 0 radical (unpaired) electrons. The highest BCUT2D eigenvalue weighted by molar-refractivity contribution is 4.94. The highest BCUT2D eigenvalue weighted by Crippen LogP contribution is 2.34. The van der Waals surface area contributed by atoms with Gasteiger partial charge in [-0.3, -0.25) is 0 Å². The summed E-state index contributed by atoms with van der Waals surface area (Å²) in [5.74, 6) is 0. The van der Waals surface area contributed by atoms with Gasteiger partial charge in [0.25, 0.3) is 0 Å². The van der Waals surface area contributed by atoms with Crippen molar-refractivity contribution in [2.75, 3.05) is 19.8 Å². The van der Waals surface area contributed by atoms with Gasteiger partial charge in [-0.15, -0.1) is 6.58 Å². The molecule has 2 unspecified atom stereocenters. The smallest absolute Gasteiger partial charge is 0.0741 e. The molecule has 2 fully saturated rings. The molecule has 16 heavy (non-hydrogen) atoms. The molecule has 0 aliphatic carbocycles. The van der Waals surface area contributed by atoms with Gasteiger partial charge in [0, 0.05) is 31.9 Å². The Hall–Kier alpha value is -0.380. The van der Waals surface area contributed by atoms with Crippen LogP contribution in [0, 0.1) is 0 Å². The summed E-state index contributed by atoms with van der Waals surface area (Å²) in [6.45, 7) is 8.55. The van der Waals surface area contributed by atoms with E-state index in [4.69, 9.17) is 9.47 Å². The average Bonchev–Trinajstić information content (AvgIpc) is 2.30. The minimum absolute atomic E-state index is 0.0923. The van der Waals surface area contributed by atoms with Crippen molar-refractivity contribution in [2.45, 2.75) is 50.3 Å². The second-order valence-electron chi connectivity index (χ2n) is 5.02. The zero-order valence-corrected chi connectivity index (χ0v) is 10.2. The maximum Gasteiger partial charge on any atom is 0.0741 e. The average molecular weight is 225 g/mol. The molecule has 0 aromatic heterocycles. The highest BCUT2D eigenvalue weighted by atomic mass is 16.5. The normalized spacial score (nSPS) is 31.2. The van der Waals surface area contributed by atoms with E-state index in [1.807, 2.05) is 6.08 Å². The van der Waals surface area contributed by atoms with Gasteiger partial charge in [-0.2, -0.15) is 0 Å². The zero-order chi connectivity index (χ0) is 11.4. The molecular weight excluding hydrogens is 202 g/mol. The van der Waals surface area contributed by atoms with E-state index in [9.17, 15) is 0 Å². The van der Waals surface area contributed by atoms with E-state index in [-0.39, 0.29) is 5.60 Å². The maximum absolute atomic E-state index is 6.01. The molecule has 92 valence electrons. The largest absolute Gasteiger partial charge is 0.381 e. The molecule has 3 nitrogen and oxygen atoms in total. The molecule has 2 atom stereocenters. The van der Waals surface area contributed by atoms with Crippen molar-refractivity contribution in [3.05, 3.63) is 12.7 Å². The predicted molar refractivity (Wildman–Crippen MR) is 64.6 cm³/mol. The Bertz CT molecular complexity index is 231. The number of rotatable bonds is 3. The molecule has 2 rings (SSSR count). The quantitative estimate of drug-likeness (QED) is 0.744. The lowest BCUT2D eigenvalue weighted by atomic mass is 9.84. The molecule has 1 N–H and O–H groups in total. The summed E-state index contributed by atoms with van der Waals surface area (Å²) in [5.41, 5.74) is 0.0923. The lowest BCUT2D eigenvalue weighted by molar-refractivity contribution is -0.140. The molecule has 2 aliphatic rings. The molecule has 1 spiro atoms. The second-order valence-corrected chi connectivity index (χ2v) is 5.02. The first-order chi connectivity index (χ1) is 7.74. The van der Waals surface area contributed by atoms with Crippen LogP contribution in [0.5, 0.6) is 0 Å². The van der Waals surface area contributed by atoms with Crippen molar-refractivity contribution in [3.63, 3.8) is 0 Å². The van der Waals surface area contributed by atoms with Gasteiger partial charge in [-0.05, 0) is 32.6 Å². The molecular formula is C13H23NO2. The van der Waals surface area contributed by atoms with Crippen LogP contribution in [-0.2, 0) is 9.47 Å². The summed E-state index contributed by atoms with van der Waals surface area (Å²) in [6.07, 6.45) is 6.29. The fourth-order valence-corrected chi connectivity index (χ4v) is 2.70. The summed E-state index contributed by atoms with van der Waals surface area (Å²) in [6, 6.07) is 0.958. The van der Waals surface area contributed by atoms with Gasteiger partial charge in [0.05, 0.1) is 5.60 Å². The van der Waals surface area contributed by atoms with Crippen LogP contribution in [0.4, 0.5) is 0 Å². The SMILES string of the molecule is C=CC(C)NC1CCOC2(CCOCC2)C1. The Morgan fingerprint density at radius 3 is 2.81 bits per heavy atom. The van der Waals surface area contributed by atoms with E-state index in [1.54, 1.807) is 0 Å². The lowest BCUT2D eigenvalue weighted by Crippen LogP contribution is -2.51. The van der Waals surface area contributed by atoms with E-state index >= 15 is 0 Å². The van der Waals surface area contributed by atoms with E-state index in [0.717, 1.165) is 45.5 Å². The molecule has 2 saturated heterocycles. The zero-order valence-electron chi connectivity index (χ0n) is 10.2. The minimum Gasteiger partial charge on any atom is -0.381 e. The third kappa shape index (κ3) is 2.84. The van der Waals surface area contributed by atoms with Crippen LogP contribution in [-0.4, -0.2) is 37.5 Å².